The molecule has 0 bridgehead atoms. The van der Waals surface area contributed by atoms with Crippen molar-refractivity contribution in [1.29, 1.82) is 0 Å². The number of para-hydroxylation sites is 1. The number of fused-ring (bicyclic) bond motifs is 1. The Hall–Kier alpha value is -1.55. The molecule has 0 saturated heterocycles. The lowest BCUT2D eigenvalue weighted by atomic mass is 10.1. The van der Waals surface area contributed by atoms with Crippen molar-refractivity contribution in [3.63, 3.8) is 0 Å². The molecule has 3 nitrogen and oxygen atoms in total. The summed E-state index contributed by atoms with van der Waals surface area (Å²) in [5.74, 6) is 0. The van der Waals surface area contributed by atoms with Crippen molar-refractivity contribution in [1.82, 2.24) is 4.98 Å². The quantitative estimate of drug-likeness (QED) is 0.853. The van der Waals surface area contributed by atoms with E-state index in [4.69, 9.17) is 0 Å². The predicted octanol–water partition coefficient (Wildman–Crippen LogP) is 2.72. The van der Waals surface area contributed by atoms with Gasteiger partial charge in [0.15, 0.2) is 5.13 Å². The second-order valence-corrected chi connectivity index (χ2v) is 4.71. The molecule has 0 aliphatic carbocycles. The predicted molar refractivity (Wildman–Crippen MR) is 68.1 cm³/mol. The van der Waals surface area contributed by atoms with Gasteiger partial charge in [-0.15, -0.1) is 11.3 Å². The van der Waals surface area contributed by atoms with E-state index in [1.807, 2.05) is 11.6 Å². The third kappa shape index (κ3) is 1.76. The highest BCUT2D eigenvalue weighted by Crippen LogP contribution is 2.27. The molecule has 2 N–H and O–H groups in total. The van der Waals surface area contributed by atoms with Gasteiger partial charge in [0.2, 0.25) is 0 Å². The van der Waals surface area contributed by atoms with Crippen LogP contribution in [-0.4, -0.2) is 11.5 Å². The average molecular weight is 231 g/mol. The van der Waals surface area contributed by atoms with Crippen molar-refractivity contribution in [2.45, 2.75) is 13.0 Å². The highest BCUT2D eigenvalue weighted by molar-refractivity contribution is 7.13. The van der Waals surface area contributed by atoms with E-state index < -0.39 is 0 Å². The Balaban J connectivity index is 1.78. The molecule has 0 spiro atoms. The normalized spacial score (nSPS) is 13.2. The summed E-state index contributed by atoms with van der Waals surface area (Å²) >= 11 is 1.63. The van der Waals surface area contributed by atoms with E-state index >= 15 is 0 Å². The molecule has 4 heteroatoms. The van der Waals surface area contributed by atoms with Crippen LogP contribution in [0.5, 0.6) is 0 Å². The third-order valence-corrected chi connectivity index (χ3v) is 3.53. The fourth-order valence-electron chi connectivity index (χ4n) is 2.04. The van der Waals surface area contributed by atoms with Crippen molar-refractivity contribution in [2.75, 3.05) is 17.2 Å². The van der Waals surface area contributed by atoms with E-state index in [0.717, 1.165) is 24.6 Å². The Kier molecular flexibility index (Phi) is 2.50. The molecule has 16 heavy (non-hydrogen) atoms. The molecule has 2 aromatic rings. The molecule has 2 heterocycles. The van der Waals surface area contributed by atoms with Crippen molar-refractivity contribution in [3.05, 3.63) is 40.9 Å². The first-order valence-corrected chi connectivity index (χ1v) is 6.29. The van der Waals surface area contributed by atoms with Crippen LogP contribution in [0.15, 0.2) is 29.8 Å². The van der Waals surface area contributed by atoms with Crippen LogP contribution in [0.1, 0.15) is 11.1 Å². The van der Waals surface area contributed by atoms with Crippen LogP contribution in [0.25, 0.3) is 0 Å². The zero-order chi connectivity index (χ0) is 10.8. The van der Waals surface area contributed by atoms with Gasteiger partial charge in [0.1, 0.15) is 0 Å². The highest BCUT2D eigenvalue weighted by atomic mass is 32.1. The zero-order valence-electron chi connectivity index (χ0n) is 8.86. The van der Waals surface area contributed by atoms with Gasteiger partial charge in [-0.05, 0) is 17.5 Å². The summed E-state index contributed by atoms with van der Waals surface area (Å²) in [6, 6.07) is 6.49. The van der Waals surface area contributed by atoms with Gasteiger partial charge < -0.3 is 10.6 Å². The number of rotatable bonds is 3. The van der Waals surface area contributed by atoms with Gasteiger partial charge in [0.05, 0.1) is 0 Å². The van der Waals surface area contributed by atoms with Crippen molar-refractivity contribution >= 4 is 22.2 Å². The average Bonchev–Trinajstić information content (AvgIpc) is 2.97. The Morgan fingerprint density at radius 2 is 2.44 bits per heavy atom. The van der Waals surface area contributed by atoms with Gasteiger partial charge >= 0.3 is 0 Å². The van der Waals surface area contributed by atoms with Gasteiger partial charge in [0.25, 0.3) is 0 Å². The molecule has 1 aliphatic rings. The van der Waals surface area contributed by atoms with E-state index in [-0.39, 0.29) is 0 Å². The van der Waals surface area contributed by atoms with E-state index in [1.165, 1.54) is 16.8 Å². The van der Waals surface area contributed by atoms with Crippen molar-refractivity contribution in [2.24, 2.45) is 0 Å². The van der Waals surface area contributed by atoms with Crippen LogP contribution < -0.4 is 10.6 Å². The number of anilines is 2. The number of nitrogens with zero attached hydrogens (tertiary/aromatic N) is 1. The summed E-state index contributed by atoms with van der Waals surface area (Å²) in [5, 5.41) is 9.74. The first kappa shape index (κ1) is 9.66. The standard InChI is InChI=1S/C12H13N3S/c1-2-9-4-5-13-11(9)10(3-1)8-15-12-14-6-7-16-12/h1-3,6-7,13H,4-5,8H2,(H,14,15). The summed E-state index contributed by atoms with van der Waals surface area (Å²) < 4.78 is 0. The van der Waals surface area contributed by atoms with E-state index in [9.17, 15) is 0 Å². The van der Waals surface area contributed by atoms with Crippen molar-refractivity contribution < 1.29 is 0 Å². The fraction of sp³-hybridized carbons (Fsp3) is 0.250. The van der Waals surface area contributed by atoms with Gasteiger partial charge in [0, 0.05) is 30.4 Å². The molecule has 0 atom stereocenters. The van der Waals surface area contributed by atoms with Gasteiger partial charge in [-0.1, -0.05) is 18.2 Å². The van der Waals surface area contributed by atoms with Crippen molar-refractivity contribution in [3.8, 4) is 0 Å². The second-order valence-electron chi connectivity index (χ2n) is 3.82. The first-order valence-electron chi connectivity index (χ1n) is 5.41. The molecule has 3 rings (SSSR count). The largest absolute Gasteiger partial charge is 0.384 e. The van der Waals surface area contributed by atoms with Crippen LogP contribution in [0.2, 0.25) is 0 Å². The van der Waals surface area contributed by atoms with Crippen LogP contribution in [0.4, 0.5) is 10.8 Å². The Morgan fingerprint density at radius 1 is 1.44 bits per heavy atom. The second kappa shape index (κ2) is 4.14. The molecule has 1 aliphatic heterocycles. The van der Waals surface area contributed by atoms with E-state index in [2.05, 4.69) is 33.8 Å². The smallest absolute Gasteiger partial charge is 0.182 e. The number of aromatic nitrogens is 1. The summed E-state index contributed by atoms with van der Waals surface area (Å²) in [5.41, 5.74) is 4.06. The maximum atomic E-state index is 4.21. The molecular formula is C12H13N3S. The van der Waals surface area contributed by atoms with E-state index in [1.54, 1.807) is 11.3 Å². The lowest BCUT2D eigenvalue weighted by Crippen LogP contribution is -2.02. The number of hydrogen-bond donors (Lipinski definition) is 2. The Bertz CT molecular complexity index is 479. The fourth-order valence-corrected chi connectivity index (χ4v) is 2.57. The molecule has 0 saturated carbocycles. The minimum atomic E-state index is 0.837. The zero-order valence-corrected chi connectivity index (χ0v) is 9.68. The lowest BCUT2D eigenvalue weighted by Gasteiger charge is -2.09. The lowest BCUT2D eigenvalue weighted by molar-refractivity contribution is 1.11. The minimum Gasteiger partial charge on any atom is -0.384 e. The SMILES string of the molecule is c1cc2c(c(CNc3nccs3)c1)NCC2. The molecule has 0 amide bonds. The maximum absolute atomic E-state index is 4.21. The van der Waals surface area contributed by atoms with Gasteiger partial charge in [-0.25, -0.2) is 4.98 Å². The minimum absolute atomic E-state index is 0.837. The van der Waals surface area contributed by atoms with Gasteiger partial charge in [-0.2, -0.15) is 0 Å². The summed E-state index contributed by atoms with van der Waals surface area (Å²) in [6.45, 7) is 1.90. The number of thiazole rings is 1. The maximum Gasteiger partial charge on any atom is 0.182 e. The van der Waals surface area contributed by atoms with Gasteiger partial charge in [-0.3, -0.25) is 0 Å². The summed E-state index contributed by atoms with van der Waals surface area (Å²) in [4.78, 5) is 4.21. The van der Waals surface area contributed by atoms with E-state index in [0.29, 0.717) is 0 Å². The van der Waals surface area contributed by atoms with Crippen LogP contribution in [-0.2, 0) is 13.0 Å². The summed E-state index contributed by atoms with van der Waals surface area (Å²) in [7, 11) is 0. The molecule has 82 valence electrons. The highest BCUT2D eigenvalue weighted by Gasteiger charge is 2.13. The first-order chi connectivity index (χ1) is 7.93. The Morgan fingerprint density at radius 3 is 3.31 bits per heavy atom. The molecule has 0 fully saturated rings. The number of benzene rings is 1. The van der Waals surface area contributed by atoms with Crippen LogP contribution >= 0.6 is 11.3 Å². The molecule has 0 radical (unpaired) electrons. The molecular weight excluding hydrogens is 218 g/mol. The monoisotopic (exact) mass is 231 g/mol. The molecule has 0 unspecified atom stereocenters. The third-order valence-electron chi connectivity index (χ3n) is 2.80. The van der Waals surface area contributed by atoms with Crippen LogP contribution in [0.3, 0.4) is 0 Å². The Labute approximate surface area is 98.5 Å². The number of nitrogens with one attached hydrogen (secondary N) is 2. The van der Waals surface area contributed by atoms with Crippen LogP contribution in [0, 0.1) is 0 Å². The number of hydrogen-bond acceptors (Lipinski definition) is 4. The summed E-state index contributed by atoms with van der Waals surface area (Å²) in [6.07, 6.45) is 2.96. The topological polar surface area (TPSA) is 37.0 Å². The molecule has 1 aromatic carbocycles. The molecule has 1 aromatic heterocycles.